The summed E-state index contributed by atoms with van der Waals surface area (Å²) >= 11 is 9.43. The minimum Gasteiger partial charge on any atom is -0.310 e. The molecular formula is C14H20BrClN2O2S. The fourth-order valence-electron chi connectivity index (χ4n) is 2.44. The lowest BCUT2D eigenvalue weighted by Gasteiger charge is -2.31. The van der Waals surface area contributed by atoms with E-state index >= 15 is 0 Å². The molecule has 0 aromatic heterocycles. The topological polar surface area (TPSA) is 49.4 Å². The number of benzene rings is 1. The first-order valence-corrected chi connectivity index (χ1v) is 9.85. The van der Waals surface area contributed by atoms with Crippen LogP contribution in [0.2, 0.25) is 5.02 Å². The molecule has 1 N–H and O–H groups in total. The van der Waals surface area contributed by atoms with E-state index in [0.717, 1.165) is 29.4 Å². The Morgan fingerprint density at radius 3 is 2.62 bits per heavy atom. The Kier molecular flexibility index (Phi) is 6.08. The van der Waals surface area contributed by atoms with E-state index in [9.17, 15) is 8.42 Å². The smallest absolute Gasteiger partial charge is 0.213 e. The zero-order valence-corrected chi connectivity index (χ0v) is 15.1. The summed E-state index contributed by atoms with van der Waals surface area (Å²) in [7, 11) is -3.04. The summed E-state index contributed by atoms with van der Waals surface area (Å²) in [4.78, 5) is 0. The number of hydrogen-bond donors (Lipinski definition) is 1. The molecule has 1 aromatic rings. The summed E-state index contributed by atoms with van der Waals surface area (Å²) < 4.78 is 26.2. The molecule has 4 nitrogen and oxygen atoms in total. The van der Waals surface area contributed by atoms with Crippen LogP contribution in [0.3, 0.4) is 0 Å². The van der Waals surface area contributed by atoms with Crippen LogP contribution < -0.4 is 5.32 Å². The normalized spacial score (nSPS) is 18.0. The number of piperidine rings is 1. The van der Waals surface area contributed by atoms with E-state index in [1.54, 1.807) is 11.2 Å². The number of hydrogen-bond acceptors (Lipinski definition) is 3. The molecule has 0 saturated carbocycles. The lowest BCUT2D eigenvalue weighted by atomic mass is 10.1. The molecule has 1 aliphatic heterocycles. The minimum atomic E-state index is -3.04. The second-order valence-electron chi connectivity index (χ2n) is 5.19. The largest absolute Gasteiger partial charge is 0.310 e. The van der Waals surface area contributed by atoms with Crippen molar-refractivity contribution < 1.29 is 8.42 Å². The van der Waals surface area contributed by atoms with E-state index in [0.29, 0.717) is 24.2 Å². The molecule has 7 heteroatoms. The molecule has 1 aliphatic rings. The standard InChI is InChI=1S/C14H20BrClN2O2S/c1-2-21(19,20)18-7-5-13(6-8-18)17-10-11-3-4-12(16)9-14(11)15/h3-4,9,13,17H,2,5-8,10H2,1H3. The molecule has 0 bridgehead atoms. The fourth-order valence-corrected chi connectivity index (χ4v) is 4.40. The molecule has 1 aromatic carbocycles. The second-order valence-corrected chi connectivity index (χ2v) is 8.74. The molecule has 0 radical (unpaired) electrons. The summed E-state index contributed by atoms with van der Waals surface area (Å²) in [6.07, 6.45) is 1.70. The summed E-state index contributed by atoms with van der Waals surface area (Å²) in [5, 5.41) is 4.21. The SMILES string of the molecule is CCS(=O)(=O)N1CCC(NCc2ccc(Cl)cc2Br)CC1. The van der Waals surface area contributed by atoms with Gasteiger partial charge in [0.1, 0.15) is 0 Å². The van der Waals surface area contributed by atoms with Crippen molar-refractivity contribution in [2.45, 2.75) is 32.4 Å². The van der Waals surface area contributed by atoms with Crippen LogP contribution in [0.15, 0.2) is 22.7 Å². The third-order valence-corrected chi connectivity index (χ3v) is 6.66. The van der Waals surface area contributed by atoms with Gasteiger partial charge in [-0.15, -0.1) is 0 Å². The number of halogens is 2. The lowest BCUT2D eigenvalue weighted by Crippen LogP contribution is -2.45. The molecule has 0 amide bonds. The first-order valence-electron chi connectivity index (χ1n) is 7.07. The Morgan fingerprint density at radius 1 is 1.38 bits per heavy atom. The minimum absolute atomic E-state index is 0.183. The lowest BCUT2D eigenvalue weighted by molar-refractivity contribution is 0.289. The highest BCUT2D eigenvalue weighted by Gasteiger charge is 2.26. The number of nitrogens with one attached hydrogen (secondary N) is 1. The van der Waals surface area contributed by atoms with Gasteiger partial charge in [-0.05, 0) is 37.5 Å². The second kappa shape index (κ2) is 7.42. The van der Waals surface area contributed by atoms with Crippen molar-refractivity contribution in [3.8, 4) is 0 Å². The van der Waals surface area contributed by atoms with Crippen LogP contribution in [-0.4, -0.2) is 37.6 Å². The van der Waals surface area contributed by atoms with Gasteiger partial charge in [-0.1, -0.05) is 33.6 Å². The molecule has 0 spiro atoms. The van der Waals surface area contributed by atoms with E-state index in [4.69, 9.17) is 11.6 Å². The average Bonchev–Trinajstić information content (AvgIpc) is 2.47. The highest BCUT2D eigenvalue weighted by molar-refractivity contribution is 9.10. The predicted octanol–water partition coefficient (Wildman–Crippen LogP) is 3.01. The maximum atomic E-state index is 11.8. The van der Waals surface area contributed by atoms with Crippen LogP contribution in [0.4, 0.5) is 0 Å². The van der Waals surface area contributed by atoms with E-state index < -0.39 is 10.0 Å². The summed E-state index contributed by atoms with van der Waals surface area (Å²) in [6.45, 7) is 3.66. The number of rotatable bonds is 5. The quantitative estimate of drug-likeness (QED) is 0.834. The Morgan fingerprint density at radius 2 is 2.05 bits per heavy atom. The van der Waals surface area contributed by atoms with Crippen molar-refractivity contribution >= 4 is 37.6 Å². The van der Waals surface area contributed by atoms with Crippen molar-refractivity contribution in [1.29, 1.82) is 0 Å². The van der Waals surface area contributed by atoms with Crippen LogP contribution in [0, 0.1) is 0 Å². The van der Waals surface area contributed by atoms with Crippen molar-refractivity contribution in [2.24, 2.45) is 0 Å². The van der Waals surface area contributed by atoms with Crippen molar-refractivity contribution in [2.75, 3.05) is 18.8 Å². The van der Waals surface area contributed by atoms with Gasteiger partial charge in [0.25, 0.3) is 0 Å². The van der Waals surface area contributed by atoms with Gasteiger partial charge in [0.15, 0.2) is 0 Å². The molecule has 1 fully saturated rings. The van der Waals surface area contributed by atoms with Crippen LogP contribution in [0.1, 0.15) is 25.3 Å². The van der Waals surface area contributed by atoms with Crippen molar-refractivity contribution in [1.82, 2.24) is 9.62 Å². The first kappa shape index (κ1) is 17.2. The fraction of sp³-hybridized carbons (Fsp3) is 0.571. The molecule has 1 saturated heterocycles. The highest BCUT2D eigenvalue weighted by Crippen LogP contribution is 2.22. The third-order valence-electron chi connectivity index (χ3n) is 3.81. The van der Waals surface area contributed by atoms with E-state index in [1.165, 1.54) is 0 Å². The molecular weight excluding hydrogens is 376 g/mol. The Balaban J connectivity index is 1.84. The molecule has 2 rings (SSSR count). The van der Waals surface area contributed by atoms with Gasteiger partial charge < -0.3 is 5.32 Å². The van der Waals surface area contributed by atoms with Crippen molar-refractivity contribution in [3.05, 3.63) is 33.3 Å². The summed E-state index contributed by atoms with van der Waals surface area (Å²) in [5.41, 5.74) is 1.16. The van der Waals surface area contributed by atoms with Gasteiger partial charge in [0.2, 0.25) is 10.0 Å². The van der Waals surface area contributed by atoms with Gasteiger partial charge >= 0.3 is 0 Å². The predicted molar refractivity (Wildman–Crippen MR) is 90.0 cm³/mol. The molecule has 0 aliphatic carbocycles. The van der Waals surface area contributed by atoms with Gasteiger partial charge in [-0.25, -0.2) is 12.7 Å². The van der Waals surface area contributed by atoms with Gasteiger partial charge in [-0.3, -0.25) is 0 Å². The van der Waals surface area contributed by atoms with Gasteiger partial charge in [0, 0.05) is 35.2 Å². The zero-order chi connectivity index (χ0) is 15.5. The van der Waals surface area contributed by atoms with Crippen LogP contribution in [0.25, 0.3) is 0 Å². The summed E-state index contributed by atoms with van der Waals surface area (Å²) in [6, 6.07) is 6.11. The zero-order valence-electron chi connectivity index (χ0n) is 12.0. The first-order chi connectivity index (χ1) is 9.92. The third kappa shape index (κ3) is 4.66. The Hall–Kier alpha value is -0.140. The number of sulfonamides is 1. The number of nitrogens with zero attached hydrogens (tertiary/aromatic N) is 1. The average molecular weight is 396 g/mol. The monoisotopic (exact) mass is 394 g/mol. The molecule has 1 heterocycles. The summed E-state index contributed by atoms with van der Waals surface area (Å²) in [5.74, 6) is 0.183. The van der Waals surface area contributed by atoms with E-state index in [-0.39, 0.29) is 5.75 Å². The Labute approximate surface area is 140 Å². The Bertz CT molecular complexity index is 587. The molecule has 118 valence electrons. The van der Waals surface area contributed by atoms with E-state index in [2.05, 4.69) is 21.2 Å². The van der Waals surface area contributed by atoms with Gasteiger partial charge in [0.05, 0.1) is 5.75 Å². The van der Waals surface area contributed by atoms with Crippen LogP contribution in [-0.2, 0) is 16.6 Å². The maximum Gasteiger partial charge on any atom is 0.213 e. The highest BCUT2D eigenvalue weighted by atomic mass is 79.9. The van der Waals surface area contributed by atoms with Crippen molar-refractivity contribution in [3.63, 3.8) is 0 Å². The molecule has 21 heavy (non-hydrogen) atoms. The van der Waals surface area contributed by atoms with Gasteiger partial charge in [-0.2, -0.15) is 0 Å². The maximum absolute atomic E-state index is 11.8. The van der Waals surface area contributed by atoms with Crippen LogP contribution in [0.5, 0.6) is 0 Å². The van der Waals surface area contributed by atoms with E-state index in [1.807, 2.05) is 18.2 Å². The van der Waals surface area contributed by atoms with Crippen LogP contribution >= 0.6 is 27.5 Å². The molecule has 0 atom stereocenters. The molecule has 0 unspecified atom stereocenters.